The fourth-order valence-electron chi connectivity index (χ4n) is 3.87. The van der Waals surface area contributed by atoms with Crippen molar-refractivity contribution in [2.75, 3.05) is 18.4 Å². The van der Waals surface area contributed by atoms with Crippen LogP contribution in [0.2, 0.25) is 0 Å². The van der Waals surface area contributed by atoms with E-state index < -0.39 is 5.91 Å². The number of carbonyl (C=O) groups excluding carboxylic acids is 1. The molecule has 0 radical (unpaired) electrons. The summed E-state index contributed by atoms with van der Waals surface area (Å²) in [6.07, 6.45) is 4.17. The zero-order valence-corrected chi connectivity index (χ0v) is 17.1. The Hall–Kier alpha value is -3.71. The number of nitrogens with one attached hydrogen (secondary N) is 1. The van der Waals surface area contributed by atoms with Gasteiger partial charge in [-0.2, -0.15) is 15.5 Å². The Bertz CT molecular complexity index is 1110. The number of amides is 1. The van der Waals surface area contributed by atoms with E-state index in [2.05, 4.69) is 26.5 Å². The normalized spacial score (nSPS) is 19.1. The van der Waals surface area contributed by atoms with E-state index in [9.17, 15) is 14.4 Å². The van der Waals surface area contributed by atoms with Crippen LogP contribution in [0.25, 0.3) is 0 Å². The average Bonchev–Trinajstić information content (AvgIpc) is 3.35. The standard InChI is InChI=1S/C21H23FN8O/c1-28-8-6-17(26-28)12-29-9-7-19(14(10-23)11-29)30-13-18(20(24)31)21(27-30)25-16-4-2-15(22)3-5-16/h2-6,8,13-14,19H,7,9,11-12H2,1H3,(H2,24,31)(H,25,27). The van der Waals surface area contributed by atoms with Gasteiger partial charge in [0, 0.05) is 44.8 Å². The Kier molecular flexibility index (Phi) is 5.68. The van der Waals surface area contributed by atoms with Crippen molar-refractivity contribution >= 4 is 17.4 Å². The van der Waals surface area contributed by atoms with Gasteiger partial charge in [-0.1, -0.05) is 0 Å². The van der Waals surface area contributed by atoms with E-state index in [-0.39, 0.29) is 29.2 Å². The van der Waals surface area contributed by atoms with Crippen molar-refractivity contribution in [2.24, 2.45) is 18.7 Å². The molecule has 1 aromatic carbocycles. The molecule has 4 rings (SSSR count). The maximum Gasteiger partial charge on any atom is 0.254 e. The smallest absolute Gasteiger partial charge is 0.254 e. The number of hydrogen-bond acceptors (Lipinski definition) is 6. The fourth-order valence-corrected chi connectivity index (χ4v) is 3.87. The van der Waals surface area contributed by atoms with Gasteiger partial charge in [0.15, 0.2) is 5.82 Å². The Morgan fingerprint density at radius 2 is 2.10 bits per heavy atom. The summed E-state index contributed by atoms with van der Waals surface area (Å²) >= 11 is 0. The van der Waals surface area contributed by atoms with E-state index in [1.165, 1.54) is 12.1 Å². The lowest BCUT2D eigenvalue weighted by Crippen LogP contribution is -2.40. The summed E-state index contributed by atoms with van der Waals surface area (Å²) in [4.78, 5) is 14.2. The second-order valence-corrected chi connectivity index (χ2v) is 7.68. The first-order valence-electron chi connectivity index (χ1n) is 9.95. The quantitative estimate of drug-likeness (QED) is 0.629. The topological polar surface area (TPSA) is 118 Å². The summed E-state index contributed by atoms with van der Waals surface area (Å²) in [5.41, 5.74) is 7.29. The van der Waals surface area contributed by atoms with Crippen LogP contribution in [0.15, 0.2) is 42.7 Å². The average molecular weight is 422 g/mol. The van der Waals surface area contributed by atoms with Crippen LogP contribution >= 0.6 is 0 Å². The predicted molar refractivity (Wildman–Crippen MR) is 112 cm³/mol. The van der Waals surface area contributed by atoms with Gasteiger partial charge in [0.25, 0.3) is 5.91 Å². The molecule has 2 unspecified atom stereocenters. The molecule has 3 N–H and O–H groups in total. The number of rotatable bonds is 6. The number of primary amides is 1. The third-order valence-corrected chi connectivity index (χ3v) is 5.42. The molecule has 31 heavy (non-hydrogen) atoms. The lowest BCUT2D eigenvalue weighted by atomic mass is 9.93. The van der Waals surface area contributed by atoms with Gasteiger partial charge in [0.1, 0.15) is 11.4 Å². The number of nitrogens with two attached hydrogens (primary N) is 1. The highest BCUT2D eigenvalue weighted by Crippen LogP contribution is 2.30. The van der Waals surface area contributed by atoms with Crippen molar-refractivity contribution in [3.63, 3.8) is 0 Å². The first kappa shape index (κ1) is 20.6. The number of benzene rings is 1. The molecule has 10 heteroatoms. The summed E-state index contributed by atoms with van der Waals surface area (Å²) in [7, 11) is 1.87. The lowest BCUT2D eigenvalue weighted by Gasteiger charge is -2.35. The number of carbonyl (C=O) groups is 1. The molecule has 9 nitrogen and oxygen atoms in total. The van der Waals surface area contributed by atoms with E-state index in [1.54, 1.807) is 27.7 Å². The van der Waals surface area contributed by atoms with Crippen LogP contribution < -0.4 is 11.1 Å². The molecule has 160 valence electrons. The highest BCUT2D eigenvalue weighted by molar-refractivity contribution is 5.98. The van der Waals surface area contributed by atoms with Gasteiger partial charge < -0.3 is 11.1 Å². The molecular weight excluding hydrogens is 399 g/mol. The fraction of sp³-hybridized carbons (Fsp3) is 0.333. The number of hydrogen-bond donors (Lipinski definition) is 2. The third kappa shape index (κ3) is 4.57. The van der Waals surface area contributed by atoms with Crippen molar-refractivity contribution < 1.29 is 9.18 Å². The molecule has 0 saturated carbocycles. The number of piperidine rings is 1. The molecule has 1 amide bonds. The van der Waals surface area contributed by atoms with Gasteiger partial charge >= 0.3 is 0 Å². The lowest BCUT2D eigenvalue weighted by molar-refractivity contribution is 0.100. The summed E-state index contributed by atoms with van der Waals surface area (Å²) in [5.74, 6) is -1.01. The minimum absolute atomic E-state index is 0.188. The SMILES string of the molecule is Cn1ccc(CN2CCC(n3cc(C(N)=O)c(Nc4ccc(F)cc4)n3)C(C#N)C2)n1. The van der Waals surface area contributed by atoms with E-state index in [1.807, 2.05) is 19.3 Å². The number of likely N-dealkylation sites (tertiary alicyclic amines) is 1. The summed E-state index contributed by atoms with van der Waals surface area (Å²) < 4.78 is 16.6. The maximum absolute atomic E-state index is 13.2. The second kappa shape index (κ2) is 8.57. The Morgan fingerprint density at radius 1 is 1.32 bits per heavy atom. The number of anilines is 2. The van der Waals surface area contributed by atoms with Crippen molar-refractivity contribution in [2.45, 2.75) is 19.0 Å². The largest absolute Gasteiger partial charge is 0.365 e. The maximum atomic E-state index is 13.2. The Labute approximate surface area is 178 Å². The van der Waals surface area contributed by atoms with Crippen molar-refractivity contribution in [3.05, 3.63) is 59.8 Å². The van der Waals surface area contributed by atoms with Crippen LogP contribution in [0.4, 0.5) is 15.9 Å². The third-order valence-electron chi connectivity index (χ3n) is 5.42. The summed E-state index contributed by atoms with van der Waals surface area (Å²) in [5, 5.41) is 21.7. The molecule has 3 heterocycles. The number of aryl methyl sites for hydroxylation is 1. The van der Waals surface area contributed by atoms with Gasteiger partial charge in [-0.15, -0.1) is 0 Å². The molecule has 0 aliphatic carbocycles. The molecule has 1 fully saturated rings. The predicted octanol–water partition coefficient (Wildman–Crippen LogP) is 2.18. The molecule has 1 aliphatic rings. The van der Waals surface area contributed by atoms with E-state index in [4.69, 9.17) is 5.73 Å². The molecular formula is C21H23FN8O. The summed E-state index contributed by atoms with van der Waals surface area (Å²) in [6, 6.07) is 9.88. The van der Waals surface area contributed by atoms with Crippen LogP contribution in [0.3, 0.4) is 0 Å². The molecule has 2 atom stereocenters. The molecule has 0 bridgehead atoms. The zero-order chi connectivity index (χ0) is 22.0. The molecule has 3 aromatic rings. The van der Waals surface area contributed by atoms with E-state index in [0.717, 1.165) is 12.2 Å². The van der Waals surface area contributed by atoms with E-state index in [0.29, 0.717) is 25.2 Å². The molecule has 1 saturated heterocycles. The number of nitrogens with zero attached hydrogens (tertiary/aromatic N) is 6. The monoisotopic (exact) mass is 422 g/mol. The van der Waals surface area contributed by atoms with Gasteiger partial charge in [-0.25, -0.2) is 4.39 Å². The zero-order valence-electron chi connectivity index (χ0n) is 17.1. The number of aromatic nitrogens is 4. The second-order valence-electron chi connectivity index (χ2n) is 7.68. The van der Waals surface area contributed by atoms with Gasteiger partial charge in [-0.3, -0.25) is 19.1 Å². The van der Waals surface area contributed by atoms with E-state index >= 15 is 0 Å². The molecule has 2 aromatic heterocycles. The van der Waals surface area contributed by atoms with Crippen molar-refractivity contribution in [1.29, 1.82) is 5.26 Å². The van der Waals surface area contributed by atoms with Crippen LogP contribution in [0.5, 0.6) is 0 Å². The highest BCUT2D eigenvalue weighted by atomic mass is 19.1. The van der Waals surface area contributed by atoms with Crippen LogP contribution in [-0.4, -0.2) is 43.5 Å². The minimum Gasteiger partial charge on any atom is -0.365 e. The van der Waals surface area contributed by atoms with Crippen molar-refractivity contribution in [3.8, 4) is 6.07 Å². The Balaban J connectivity index is 1.52. The first-order chi connectivity index (χ1) is 14.9. The highest BCUT2D eigenvalue weighted by Gasteiger charge is 2.32. The first-order valence-corrected chi connectivity index (χ1v) is 9.95. The van der Waals surface area contributed by atoms with Gasteiger partial charge in [0.2, 0.25) is 0 Å². The Morgan fingerprint density at radius 3 is 2.74 bits per heavy atom. The summed E-state index contributed by atoms with van der Waals surface area (Å²) in [6.45, 7) is 2.02. The number of nitriles is 1. The number of halogens is 1. The van der Waals surface area contributed by atoms with Crippen molar-refractivity contribution in [1.82, 2.24) is 24.5 Å². The minimum atomic E-state index is -0.628. The van der Waals surface area contributed by atoms with Gasteiger partial charge in [-0.05, 0) is 36.8 Å². The molecule has 1 aliphatic heterocycles. The van der Waals surface area contributed by atoms with Crippen LogP contribution in [0.1, 0.15) is 28.5 Å². The van der Waals surface area contributed by atoms with Crippen LogP contribution in [-0.2, 0) is 13.6 Å². The molecule has 0 spiro atoms. The van der Waals surface area contributed by atoms with Gasteiger partial charge in [0.05, 0.1) is 23.7 Å². The van der Waals surface area contributed by atoms with Crippen LogP contribution in [0, 0.1) is 23.1 Å².